The molecule has 6 heteroatoms. The summed E-state index contributed by atoms with van der Waals surface area (Å²) in [5.74, 6) is -0.349. The Morgan fingerprint density at radius 2 is 1.74 bits per heavy atom. The average Bonchev–Trinajstić information content (AvgIpc) is 3.36. The number of hydrogen-bond acceptors (Lipinski definition) is 6. The van der Waals surface area contributed by atoms with Crippen molar-refractivity contribution in [2.24, 2.45) is 5.92 Å². The van der Waals surface area contributed by atoms with E-state index in [2.05, 4.69) is 31.2 Å². The van der Waals surface area contributed by atoms with E-state index in [1.165, 1.54) is 0 Å². The average molecular weight is 467 g/mol. The highest BCUT2D eigenvalue weighted by Gasteiger charge is 2.57. The zero-order valence-electron chi connectivity index (χ0n) is 20.0. The van der Waals surface area contributed by atoms with Crippen LogP contribution in [0, 0.1) is 5.92 Å². The first kappa shape index (κ1) is 23.5. The van der Waals surface area contributed by atoms with Gasteiger partial charge in [-0.05, 0) is 35.8 Å². The van der Waals surface area contributed by atoms with Crippen LogP contribution in [0.25, 0.3) is 0 Å². The van der Waals surface area contributed by atoms with E-state index >= 15 is 0 Å². The highest BCUT2D eigenvalue weighted by molar-refractivity contribution is 5.26. The molecule has 0 radical (unpaired) electrons. The molecule has 3 heterocycles. The molecule has 0 aromatic heterocycles. The fraction of sp³-hybridized carbons (Fsp3) is 0.500. The van der Waals surface area contributed by atoms with Crippen LogP contribution in [0.2, 0.25) is 0 Å². The topological polar surface area (TPSA) is 55.4 Å². The van der Waals surface area contributed by atoms with Gasteiger partial charge >= 0.3 is 0 Å². The molecule has 2 fully saturated rings. The smallest absolute Gasteiger partial charge is 0.191 e. The second kappa shape index (κ2) is 10.2. The summed E-state index contributed by atoms with van der Waals surface area (Å²) >= 11 is 0. The van der Waals surface area contributed by atoms with Crippen LogP contribution in [0.3, 0.4) is 0 Å². The Labute approximate surface area is 201 Å². The summed E-state index contributed by atoms with van der Waals surface area (Å²) in [7, 11) is 1.67. The summed E-state index contributed by atoms with van der Waals surface area (Å²) in [4.78, 5) is 0. The summed E-state index contributed by atoms with van der Waals surface area (Å²) < 4.78 is 36.6. The SMILES string of the molecule is COc1ccc(CO[C@H]2OC3(CCC4(C=CC[C@@H](COCc5ccccc5)O4)O3)C[C@H]2C)cc1. The van der Waals surface area contributed by atoms with Crippen LogP contribution in [-0.4, -0.2) is 37.7 Å². The number of benzene rings is 2. The Hall–Kier alpha value is -2.22. The second-order valence-electron chi connectivity index (χ2n) is 9.53. The molecular formula is C28H34O6. The molecule has 2 unspecified atom stereocenters. The Morgan fingerprint density at radius 3 is 2.53 bits per heavy atom. The summed E-state index contributed by atoms with van der Waals surface area (Å²) in [6.07, 6.45) is 6.99. The standard InChI is InChI=1S/C28H34O6/c1-21-17-28(33-26(21)31-19-23-10-12-24(29-2)13-11-23)16-15-27(34-28)14-6-9-25(32-27)20-30-18-22-7-4-3-5-8-22/h3-8,10-14,21,25-26H,9,15-20H2,1-2H3/t21-,25+,26+,27?,28?/m1/s1. The molecule has 6 nitrogen and oxygen atoms in total. The first-order valence-electron chi connectivity index (χ1n) is 12.2. The van der Waals surface area contributed by atoms with Crippen molar-refractivity contribution in [3.8, 4) is 5.75 Å². The van der Waals surface area contributed by atoms with Crippen LogP contribution in [-0.2, 0) is 36.9 Å². The van der Waals surface area contributed by atoms with Gasteiger partial charge in [-0.3, -0.25) is 0 Å². The molecule has 2 saturated heterocycles. The molecule has 5 rings (SSSR count). The Balaban J connectivity index is 1.13. The highest BCUT2D eigenvalue weighted by atomic mass is 16.8. The van der Waals surface area contributed by atoms with Crippen molar-refractivity contribution >= 4 is 0 Å². The molecule has 0 amide bonds. The Morgan fingerprint density at radius 1 is 0.941 bits per heavy atom. The molecule has 2 aromatic rings. The molecule has 182 valence electrons. The summed E-state index contributed by atoms with van der Waals surface area (Å²) in [5, 5.41) is 0. The monoisotopic (exact) mass is 466 g/mol. The van der Waals surface area contributed by atoms with Gasteiger partial charge < -0.3 is 28.4 Å². The minimum atomic E-state index is -0.746. The van der Waals surface area contributed by atoms with Crippen LogP contribution >= 0.6 is 0 Å². The normalized spacial score (nSPS) is 32.6. The predicted molar refractivity (Wildman–Crippen MR) is 127 cm³/mol. The van der Waals surface area contributed by atoms with Gasteiger partial charge in [0.1, 0.15) is 5.75 Å². The van der Waals surface area contributed by atoms with Gasteiger partial charge in [-0.2, -0.15) is 0 Å². The van der Waals surface area contributed by atoms with Crippen LogP contribution in [0.15, 0.2) is 66.7 Å². The summed E-state index contributed by atoms with van der Waals surface area (Å²) in [6, 6.07) is 18.1. The fourth-order valence-corrected chi connectivity index (χ4v) is 5.02. The first-order valence-corrected chi connectivity index (χ1v) is 12.2. The van der Waals surface area contributed by atoms with Crippen LogP contribution in [0.1, 0.15) is 43.7 Å². The molecule has 0 N–H and O–H groups in total. The lowest BCUT2D eigenvalue weighted by Crippen LogP contribution is -2.42. The zero-order valence-corrected chi connectivity index (χ0v) is 20.0. The highest BCUT2D eigenvalue weighted by Crippen LogP contribution is 2.50. The van der Waals surface area contributed by atoms with Gasteiger partial charge in [-0.25, -0.2) is 0 Å². The lowest BCUT2D eigenvalue weighted by molar-refractivity contribution is -0.329. The van der Waals surface area contributed by atoms with Crippen molar-refractivity contribution in [3.63, 3.8) is 0 Å². The van der Waals surface area contributed by atoms with Crippen LogP contribution in [0.5, 0.6) is 5.75 Å². The molecule has 2 spiro atoms. The van der Waals surface area contributed by atoms with Crippen molar-refractivity contribution in [1.82, 2.24) is 0 Å². The third kappa shape index (κ3) is 5.37. The van der Waals surface area contributed by atoms with Gasteiger partial charge in [0, 0.05) is 25.2 Å². The molecule has 2 aromatic carbocycles. The van der Waals surface area contributed by atoms with E-state index in [0.29, 0.717) is 19.8 Å². The van der Waals surface area contributed by atoms with E-state index in [1.54, 1.807) is 7.11 Å². The van der Waals surface area contributed by atoms with Crippen LogP contribution < -0.4 is 4.74 Å². The lowest BCUT2D eigenvalue weighted by atomic mass is 10.0. The minimum absolute atomic E-state index is 0.0372. The van der Waals surface area contributed by atoms with Crippen LogP contribution in [0.4, 0.5) is 0 Å². The van der Waals surface area contributed by atoms with Crippen molar-refractivity contribution in [3.05, 3.63) is 77.9 Å². The largest absolute Gasteiger partial charge is 0.497 e. The molecular weight excluding hydrogens is 432 g/mol. The van der Waals surface area contributed by atoms with Crippen molar-refractivity contribution in [1.29, 1.82) is 0 Å². The first-order chi connectivity index (χ1) is 16.6. The fourth-order valence-electron chi connectivity index (χ4n) is 5.02. The Bertz CT molecular complexity index is 961. The molecule has 0 saturated carbocycles. The van der Waals surface area contributed by atoms with E-state index in [-0.39, 0.29) is 18.3 Å². The quantitative estimate of drug-likeness (QED) is 0.488. The molecule has 5 atom stereocenters. The van der Waals surface area contributed by atoms with Gasteiger partial charge in [0.05, 0.1) is 33.0 Å². The third-order valence-corrected chi connectivity index (χ3v) is 6.77. The molecule has 0 aliphatic carbocycles. The Kier molecular flexibility index (Phi) is 7.04. The van der Waals surface area contributed by atoms with Crippen molar-refractivity contribution < 1.29 is 28.4 Å². The van der Waals surface area contributed by atoms with Gasteiger partial charge in [0.15, 0.2) is 17.9 Å². The van der Waals surface area contributed by atoms with E-state index in [1.807, 2.05) is 42.5 Å². The van der Waals surface area contributed by atoms with Gasteiger partial charge in [-0.15, -0.1) is 0 Å². The van der Waals surface area contributed by atoms with Gasteiger partial charge in [0.2, 0.25) is 0 Å². The molecule has 3 aliphatic heterocycles. The molecule has 3 aliphatic rings. The van der Waals surface area contributed by atoms with E-state index in [9.17, 15) is 0 Å². The number of methoxy groups -OCH3 is 1. The number of ether oxygens (including phenoxy) is 6. The summed E-state index contributed by atoms with van der Waals surface area (Å²) in [5.41, 5.74) is 2.24. The molecule has 0 bridgehead atoms. The maximum atomic E-state index is 6.53. The predicted octanol–water partition coefficient (Wildman–Crippen LogP) is 5.36. The number of hydrogen-bond donors (Lipinski definition) is 0. The van der Waals surface area contributed by atoms with Crippen molar-refractivity contribution in [2.75, 3.05) is 13.7 Å². The van der Waals surface area contributed by atoms with Crippen molar-refractivity contribution in [2.45, 2.75) is 69.8 Å². The maximum Gasteiger partial charge on any atom is 0.191 e. The van der Waals surface area contributed by atoms with Gasteiger partial charge in [-0.1, -0.05) is 55.5 Å². The third-order valence-electron chi connectivity index (χ3n) is 6.77. The zero-order chi connectivity index (χ0) is 23.4. The number of rotatable bonds is 8. The second-order valence-corrected chi connectivity index (χ2v) is 9.53. The lowest BCUT2D eigenvalue weighted by Gasteiger charge is -2.36. The summed E-state index contributed by atoms with van der Waals surface area (Å²) in [6.45, 7) is 3.75. The van der Waals surface area contributed by atoms with Gasteiger partial charge in [0.25, 0.3) is 0 Å². The molecule has 34 heavy (non-hydrogen) atoms. The maximum absolute atomic E-state index is 6.53. The van der Waals surface area contributed by atoms with E-state index < -0.39 is 11.6 Å². The van der Waals surface area contributed by atoms with E-state index in [4.69, 9.17) is 28.4 Å². The minimum Gasteiger partial charge on any atom is -0.497 e. The van der Waals surface area contributed by atoms with E-state index in [0.717, 1.165) is 42.6 Å².